The first-order valence-electron chi connectivity index (χ1n) is 2.81. The van der Waals surface area contributed by atoms with E-state index in [1.54, 1.807) is 29.3 Å². The summed E-state index contributed by atoms with van der Waals surface area (Å²) in [6.07, 6.45) is 5.03. The van der Waals surface area contributed by atoms with Crippen molar-refractivity contribution in [2.24, 2.45) is 0 Å². The highest BCUT2D eigenvalue weighted by Crippen LogP contribution is 1.99. The van der Waals surface area contributed by atoms with Crippen LogP contribution in [-0.4, -0.2) is 20.9 Å². The third-order valence-electron chi connectivity index (χ3n) is 1.28. The molecule has 0 amide bonds. The van der Waals surface area contributed by atoms with Gasteiger partial charge in [0.15, 0.2) is 5.65 Å². The molecular weight excluding hydrogens is 130 g/mol. The Bertz CT molecular complexity index is 331. The van der Waals surface area contributed by atoms with Gasteiger partial charge in [-0.2, -0.15) is 0 Å². The molecule has 0 spiro atoms. The van der Waals surface area contributed by atoms with Crippen LogP contribution in [0.3, 0.4) is 0 Å². The van der Waals surface area contributed by atoms with Crippen LogP contribution in [-0.2, 0) is 4.79 Å². The van der Waals surface area contributed by atoms with Gasteiger partial charge < -0.3 is 5.10 Å². The van der Waals surface area contributed by atoms with Gasteiger partial charge in [-0.1, -0.05) is 0 Å². The fraction of sp³-hybridized carbons (Fsp3) is 0. The monoisotopic (exact) mass is 134 g/mol. The molecule has 10 heavy (non-hydrogen) atoms. The topological polar surface area (TPSA) is 50.2 Å². The van der Waals surface area contributed by atoms with Gasteiger partial charge in [0.05, 0.1) is 6.20 Å². The summed E-state index contributed by atoms with van der Waals surface area (Å²) in [6, 6.07) is 1.78. The maximum Gasteiger partial charge on any atom is 0.255 e. The molecular formula is C6H4N3O. The highest BCUT2D eigenvalue weighted by molar-refractivity contribution is 5.73. The largest absolute Gasteiger partial charge is 0.300 e. The zero-order valence-corrected chi connectivity index (χ0v) is 5.03. The van der Waals surface area contributed by atoms with Crippen LogP contribution < -0.4 is 0 Å². The first kappa shape index (κ1) is 5.22. The van der Waals surface area contributed by atoms with Crippen LogP contribution in [0.2, 0.25) is 0 Å². The molecule has 0 unspecified atom stereocenters. The van der Waals surface area contributed by atoms with Crippen molar-refractivity contribution >= 4 is 11.9 Å². The number of fused-ring (bicyclic) bond motifs is 1. The molecule has 0 saturated heterocycles. The van der Waals surface area contributed by atoms with E-state index in [-0.39, 0.29) is 0 Å². The van der Waals surface area contributed by atoms with Crippen molar-refractivity contribution < 1.29 is 4.79 Å². The quantitative estimate of drug-likeness (QED) is 0.602. The molecule has 2 aromatic heterocycles. The van der Waals surface area contributed by atoms with Gasteiger partial charge in [0.2, 0.25) is 0 Å². The number of rotatable bonds is 1. The van der Waals surface area contributed by atoms with E-state index < -0.39 is 0 Å². The molecule has 0 atom stereocenters. The molecule has 1 N–H and O–H groups in total. The predicted molar refractivity (Wildman–Crippen MR) is 34.3 cm³/mol. The summed E-state index contributed by atoms with van der Waals surface area (Å²) >= 11 is 0. The lowest BCUT2D eigenvalue weighted by Crippen LogP contribution is -1.77. The average molecular weight is 134 g/mol. The van der Waals surface area contributed by atoms with Crippen LogP contribution in [0, 0.1) is 0 Å². The highest BCUT2D eigenvalue weighted by Gasteiger charge is 1.98. The van der Waals surface area contributed by atoms with E-state index >= 15 is 0 Å². The minimum atomic E-state index is 0.326. The van der Waals surface area contributed by atoms with E-state index in [1.165, 1.54) is 0 Å². The molecule has 0 saturated carbocycles. The Balaban J connectivity index is 2.78. The van der Waals surface area contributed by atoms with Crippen LogP contribution in [0.1, 0.15) is 5.69 Å². The Morgan fingerprint density at radius 1 is 1.70 bits per heavy atom. The Morgan fingerprint density at radius 2 is 2.60 bits per heavy atom. The van der Waals surface area contributed by atoms with Crippen LogP contribution >= 0.6 is 0 Å². The maximum absolute atomic E-state index is 10.1. The summed E-state index contributed by atoms with van der Waals surface area (Å²) in [5.41, 5.74) is 1.06. The standard InChI is InChI=1S/C6H4N3O/c10-4-5-3-9-6(8-5)1-2-7-9/h1-3,7H. The van der Waals surface area contributed by atoms with Crippen LogP contribution in [0.25, 0.3) is 5.65 Å². The SMILES string of the molecule is O=[C]c1cn2[nH]ccc2n1. The smallest absolute Gasteiger partial charge is 0.255 e. The summed E-state index contributed by atoms with van der Waals surface area (Å²) in [6.45, 7) is 0. The summed E-state index contributed by atoms with van der Waals surface area (Å²) in [5, 5.41) is 2.85. The van der Waals surface area contributed by atoms with Crippen molar-refractivity contribution in [2.75, 3.05) is 0 Å². The van der Waals surface area contributed by atoms with Crippen molar-refractivity contribution in [2.45, 2.75) is 0 Å². The predicted octanol–water partition coefficient (Wildman–Crippen LogP) is 0.120. The Kier molecular flexibility index (Phi) is 0.887. The molecule has 1 radical (unpaired) electrons. The van der Waals surface area contributed by atoms with Gasteiger partial charge in [-0.25, -0.2) is 9.50 Å². The molecule has 0 aliphatic heterocycles. The minimum absolute atomic E-state index is 0.326. The van der Waals surface area contributed by atoms with Gasteiger partial charge >= 0.3 is 0 Å². The molecule has 2 rings (SSSR count). The van der Waals surface area contributed by atoms with Crippen LogP contribution in [0.4, 0.5) is 0 Å². The first-order valence-corrected chi connectivity index (χ1v) is 2.81. The summed E-state index contributed by atoms with van der Waals surface area (Å²) in [5.74, 6) is 0. The highest BCUT2D eigenvalue weighted by atomic mass is 16.1. The summed E-state index contributed by atoms with van der Waals surface area (Å²) in [7, 11) is 0. The van der Waals surface area contributed by atoms with Gasteiger partial charge in [-0.05, 0) is 0 Å². The fourth-order valence-electron chi connectivity index (χ4n) is 0.857. The number of carbonyl (C=O) groups excluding carboxylic acids is 1. The first-order chi connectivity index (χ1) is 4.90. The molecule has 4 heteroatoms. The molecule has 2 heterocycles. The van der Waals surface area contributed by atoms with Crippen LogP contribution in [0.15, 0.2) is 18.5 Å². The minimum Gasteiger partial charge on any atom is -0.300 e. The molecule has 49 valence electrons. The lowest BCUT2D eigenvalue weighted by Gasteiger charge is -1.75. The van der Waals surface area contributed by atoms with Gasteiger partial charge in [0.25, 0.3) is 6.29 Å². The number of aromatic nitrogens is 3. The van der Waals surface area contributed by atoms with Crippen molar-refractivity contribution in [3.8, 4) is 0 Å². The van der Waals surface area contributed by atoms with Crippen LogP contribution in [0.5, 0.6) is 0 Å². The zero-order chi connectivity index (χ0) is 6.97. The Morgan fingerprint density at radius 3 is 3.30 bits per heavy atom. The molecule has 2 aromatic rings. The van der Waals surface area contributed by atoms with Crippen molar-refractivity contribution in [3.05, 3.63) is 24.2 Å². The summed E-state index contributed by atoms with van der Waals surface area (Å²) < 4.78 is 1.65. The second-order valence-corrected chi connectivity index (χ2v) is 1.92. The lowest BCUT2D eigenvalue weighted by atomic mass is 10.5. The molecule has 0 aliphatic rings. The van der Waals surface area contributed by atoms with Gasteiger partial charge in [-0.15, -0.1) is 0 Å². The van der Waals surface area contributed by atoms with E-state index in [9.17, 15) is 4.79 Å². The molecule has 0 bridgehead atoms. The lowest BCUT2D eigenvalue weighted by molar-refractivity contribution is 0.561. The molecule has 0 aliphatic carbocycles. The number of hydrogen-bond acceptors (Lipinski definition) is 2. The fourth-order valence-corrected chi connectivity index (χ4v) is 0.857. The maximum atomic E-state index is 10.1. The van der Waals surface area contributed by atoms with Crippen molar-refractivity contribution in [1.29, 1.82) is 0 Å². The number of aromatic amines is 1. The third-order valence-corrected chi connectivity index (χ3v) is 1.28. The van der Waals surface area contributed by atoms with E-state index in [4.69, 9.17) is 0 Å². The number of nitrogens with one attached hydrogen (secondary N) is 1. The average Bonchev–Trinajstić information content (AvgIpc) is 2.42. The molecule has 0 aromatic carbocycles. The van der Waals surface area contributed by atoms with Gasteiger partial charge in [0, 0.05) is 12.3 Å². The number of H-pyrrole nitrogens is 1. The van der Waals surface area contributed by atoms with Crippen molar-refractivity contribution in [1.82, 2.24) is 14.6 Å². The number of nitrogens with zero attached hydrogens (tertiary/aromatic N) is 2. The Labute approximate surface area is 56.5 Å². The summed E-state index contributed by atoms with van der Waals surface area (Å²) in [4.78, 5) is 14.0. The van der Waals surface area contributed by atoms with E-state index in [1.807, 2.05) is 0 Å². The number of imidazole rings is 1. The Hall–Kier alpha value is -1.58. The van der Waals surface area contributed by atoms with E-state index in [2.05, 4.69) is 10.1 Å². The second kappa shape index (κ2) is 1.70. The number of hydrogen-bond donors (Lipinski definition) is 1. The van der Waals surface area contributed by atoms with E-state index in [0.717, 1.165) is 5.65 Å². The van der Waals surface area contributed by atoms with E-state index in [0.29, 0.717) is 5.69 Å². The van der Waals surface area contributed by atoms with Gasteiger partial charge in [-0.3, -0.25) is 4.79 Å². The normalized spacial score (nSPS) is 10.4. The molecule has 0 fully saturated rings. The van der Waals surface area contributed by atoms with Crippen molar-refractivity contribution in [3.63, 3.8) is 0 Å². The zero-order valence-electron chi connectivity index (χ0n) is 5.03. The molecule has 4 nitrogen and oxygen atoms in total. The second-order valence-electron chi connectivity index (χ2n) is 1.92. The van der Waals surface area contributed by atoms with Gasteiger partial charge in [0.1, 0.15) is 5.69 Å². The third kappa shape index (κ3) is 0.556.